The lowest BCUT2D eigenvalue weighted by molar-refractivity contribution is 0.0548. The summed E-state index contributed by atoms with van der Waals surface area (Å²) in [7, 11) is -1.78. The Morgan fingerprint density at radius 1 is 1.30 bits per heavy atom. The molecule has 0 saturated heterocycles. The first-order chi connectivity index (χ1) is 9.19. The maximum absolute atomic E-state index is 12.2. The second kappa shape index (κ2) is 5.12. The lowest BCUT2D eigenvalue weighted by Crippen LogP contribution is -2.40. The Kier molecular flexibility index (Phi) is 3.82. The van der Waals surface area contributed by atoms with Gasteiger partial charge >= 0.3 is 13.2 Å². The van der Waals surface area contributed by atoms with Crippen LogP contribution in [0.1, 0.15) is 20.8 Å². The van der Waals surface area contributed by atoms with Crippen LogP contribution in [0.5, 0.6) is 0 Å². The normalized spacial score (nSPS) is 11.7. The summed E-state index contributed by atoms with van der Waals surface area (Å²) in [6.45, 7) is 5.22. The van der Waals surface area contributed by atoms with Crippen molar-refractivity contribution in [3.63, 3.8) is 0 Å². The Hall–Kier alpha value is -1.50. The molecule has 0 atom stereocenters. The van der Waals surface area contributed by atoms with E-state index in [1.165, 1.54) is 6.07 Å². The summed E-state index contributed by atoms with van der Waals surface area (Å²) in [4.78, 5) is 12.2. The first kappa shape index (κ1) is 14.9. The summed E-state index contributed by atoms with van der Waals surface area (Å²) in [5.41, 5.74) is -0.138. The van der Waals surface area contributed by atoms with Crippen molar-refractivity contribution in [2.75, 3.05) is 0 Å². The molecule has 7 heteroatoms. The van der Waals surface area contributed by atoms with E-state index in [1.807, 2.05) is 0 Å². The molecule has 0 bridgehead atoms. The van der Waals surface area contributed by atoms with Gasteiger partial charge in [-0.25, -0.2) is 4.79 Å². The van der Waals surface area contributed by atoms with E-state index in [9.17, 15) is 14.8 Å². The second-order valence-corrected chi connectivity index (χ2v) is 5.90. The smallest absolute Gasteiger partial charge is 0.443 e. The maximum atomic E-state index is 12.2. The van der Waals surface area contributed by atoms with E-state index in [0.29, 0.717) is 15.9 Å². The monoisotopic (exact) mass is 295 g/mol. The molecule has 0 unspecified atom stereocenters. The van der Waals surface area contributed by atoms with Gasteiger partial charge in [-0.15, -0.1) is 0 Å². The Morgan fingerprint density at radius 2 is 1.95 bits per heavy atom. The lowest BCUT2D eigenvalue weighted by Gasteiger charge is -2.20. The zero-order valence-electron chi connectivity index (χ0n) is 11.4. The van der Waals surface area contributed by atoms with E-state index < -0.39 is 18.8 Å². The molecule has 2 N–H and O–H groups in total. The van der Waals surface area contributed by atoms with E-state index in [2.05, 4.69) is 0 Å². The van der Waals surface area contributed by atoms with Gasteiger partial charge in [0.2, 0.25) is 0 Å². The minimum atomic E-state index is -1.78. The van der Waals surface area contributed by atoms with Gasteiger partial charge in [-0.05, 0) is 45.0 Å². The van der Waals surface area contributed by atoms with Crippen LogP contribution in [0.25, 0.3) is 10.9 Å². The SMILES string of the molecule is CC(C)(C)OC(=O)n1c(B(O)O)cc2cc(Cl)ccc21. The molecule has 0 amide bonds. The van der Waals surface area contributed by atoms with Crippen LogP contribution in [0.4, 0.5) is 4.79 Å². The Bertz CT molecular complexity index is 660. The van der Waals surface area contributed by atoms with E-state index in [4.69, 9.17) is 16.3 Å². The minimum absolute atomic E-state index is 0.0384. The van der Waals surface area contributed by atoms with Crippen LogP contribution in [-0.4, -0.2) is 33.4 Å². The van der Waals surface area contributed by atoms with Crippen molar-refractivity contribution in [1.82, 2.24) is 4.57 Å². The van der Waals surface area contributed by atoms with Crippen molar-refractivity contribution in [3.8, 4) is 0 Å². The molecule has 20 heavy (non-hydrogen) atoms. The molecule has 0 aliphatic heterocycles. The molecule has 1 aromatic heterocycles. The van der Waals surface area contributed by atoms with E-state index in [0.717, 1.165) is 4.57 Å². The first-order valence-electron chi connectivity index (χ1n) is 6.09. The number of ether oxygens (including phenoxy) is 1. The summed E-state index contributed by atoms with van der Waals surface area (Å²) in [5.74, 6) is 0. The number of fused-ring (bicyclic) bond motifs is 1. The van der Waals surface area contributed by atoms with Crippen molar-refractivity contribution >= 4 is 41.3 Å². The average molecular weight is 296 g/mol. The fraction of sp³-hybridized carbons (Fsp3) is 0.308. The minimum Gasteiger partial charge on any atom is -0.443 e. The largest absolute Gasteiger partial charge is 0.506 e. The zero-order chi connectivity index (χ0) is 15.1. The average Bonchev–Trinajstić information content (AvgIpc) is 2.64. The van der Waals surface area contributed by atoms with Gasteiger partial charge in [0.1, 0.15) is 5.60 Å². The van der Waals surface area contributed by atoms with Crippen LogP contribution in [0.3, 0.4) is 0 Å². The number of benzene rings is 1. The van der Waals surface area contributed by atoms with Crippen LogP contribution in [0, 0.1) is 0 Å². The quantitative estimate of drug-likeness (QED) is 0.786. The van der Waals surface area contributed by atoms with Crippen LogP contribution in [0.2, 0.25) is 5.02 Å². The highest BCUT2D eigenvalue weighted by molar-refractivity contribution is 6.59. The fourth-order valence-corrected chi connectivity index (χ4v) is 2.09. The summed E-state index contributed by atoms with van der Waals surface area (Å²) >= 11 is 5.90. The molecule has 0 radical (unpaired) electrons. The molecular weight excluding hydrogens is 280 g/mol. The number of hydrogen-bond donors (Lipinski definition) is 2. The lowest BCUT2D eigenvalue weighted by atomic mass is 9.86. The third-order valence-corrected chi connectivity index (χ3v) is 2.87. The summed E-state index contributed by atoms with van der Waals surface area (Å²) in [6.07, 6.45) is -0.669. The number of carbonyl (C=O) groups is 1. The van der Waals surface area contributed by atoms with Gasteiger partial charge in [-0.3, -0.25) is 4.57 Å². The van der Waals surface area contributed by atoms with Gasteiger partial charge in [0.05, 0.1) is 11.1 Å². The van der Waals surface area contributed by atoms with E-state index in [-0.39, 0.29) is 5.59 Å². The van der Waals surface area contributed by atoms with Crippen LogP contribution in [0.15, 0.2) is 24.3 Å². The predicted molar refractivity (Wildman–Crippen MR) is 78.4 cm³/mol. The van der Waals surface area contributed by atoms with Crippen LogP contribution < -0.4 is 5.59 Å². The number of halogens is 1. The van der Waals surface area contributed by atoms with Gasteiger partial charge in [-0.2, -0.15) is 0 Å². The van der Waals surface area contributed by atoms with Crippen LogP contribution >= 0.6 is 11.6 Å². The van der Waals surface area contributed by atoms with Gasteiger partial charge in [-0.1, -0.05) is 11.6 Å². The van der Waals surface area contributed by atoms with Crippen molar-refractivity contribution < 1.29 is 19.6 Å². The van der Waals surface area contributed by atoms with E-state index in [1.54, 1.807) is 39.0 Å². The molecule has 1 aromatic carbocycles. The Balaban J connectivity index is 2.60. The van der Waals surface area contributed by atoms with Gasteiger partial charge in [0.15, 0.2) is 0 Å². The topological polar surface area (TPSA) is 71.7 Å². The highest BCUT2D eigenvalue weighted by Gasteiger charge is 2.26. The predicted octanol–water partition coefficient (Wildman–Crippen LogP) is 1.76. The number of carbonyl (C=O) groups excluding carboxylic acids is 1. The van der Waals surface area contributed by atoms with Crippen molar-refractivity contribution in [2.45, 2.75) is 26.4 Å². The number of rotatable bonds is 1. The molecule has 0 fully saturated rings. The molecule has 5 nitrogen and oxygen atoms in total. The molecule has 0 saturated carbocycles. The molecule has 2 aromatic rings. The molecule has 2 rings (SSSR count). The third kappa shape index (κ3) is 2.98. The molecule has 0 spiro atoms. The first-order valence-corrected chi connectivity index (χ1v) is 6.47. The number of nitrogens with zero attached hydrogens (tertiary/aromatic N) is 1. The van der Waals surface area contributed by atoms with Crippen molar-refractivity contribution in [1.29, 1.82) is 0 Å². The standard InChI is InChI=1S/C13H15BClNO4/c1-13(2,3)20-12(17)16-10-5-4-9(15)6-8(10)7-11(16)14(18)19/h4-7,18-19H,1-3H3. The van der Waals surface area contributed by atoms with Gasteiger partial charge in [0, 0.05) is 10.4 Å². The fourth-order valence-electron chi connectivity index (χ4n) is 1.91. The van der Waals surface area contributed by atoms with Crippen molar-refractivity contribution in [2.24, 2.45) is 0 Å². The van der Waals surface area contributed by atoms with Crippen molar-refractivity contribution in [3.05, 3.63) is 29.3 Å². The highest BCUT2D eigenvalue weighted by Crippen LogP contribution is 2.21. The summed E-state index contributed by atoms with van der Waals surface area (Å²) in [5, 5.41) is 20.0. The maximum Gasteiger partial charge on any atom is 0.506 e. The molecule has 0 aliphatic rings. The number of aromatic nitrogens is 1. The number of hydrogen-bond acceptors (Lipinski definition) is 4. The second-order valence-electron chi connectivity index (χ2n) is 5.46. The summed E-state index contributed by atoms with van der Waals surface area (Å²) in [6, 6.07) is 6.39. The van der Waals surface area contributed by atoms with Gasteiger partial charge in [0.25, 0.3) is 0 Å². The third-order valence-electron chi connectivity index (χ3n) is 2.63. The summed E-state index contributed by atoms with van der Waals surface area (Å²) < 4.78 is 6.42. The Labute approximate surface area is 121 Å². The zero-order valence-corrected chi connectivity index (χ0v) is 12.2. The highest BCUT2D eigenvalue weighted by atomic mass is 35.5. The van der Waals surface area contributed by atoms with Gasteiger partial charge < -0.3 is 14.8 Å². The molecule has 1 heterocycles. The molecule has 0 aliphatic carbocycles. The Morgan fingerprint density at radius 3 is 2.50 bits per heavy atom. The molecular formula is C13H15BClNO4. The van der Waals surface area contributed by atoms with E-state index >= 15 is 0 Å². The van der Waals surface area contributed by atoms with Crippen LogP contribution in [-0.2, 0) is 4.74 Å². The molecule has 106 valence electrons.